The number of aromatic amines is 1. The van der Waals surface area contributed by atoms with Crippen molar-refractivity contribution in [2.75, 3.05) is 0 Å². The van der Waals surface area contributed by atoms with Crippen LogP contribution < -0.4 is 5.73 Å². The molecule has 3 aromatic rings. The topological polar surface area (TPSA) is 126 Å². The number of nitriles is 1. The van der Waals surface area contributed by atoms with Crippen LogP contribution in [0.5, 0.6) is 0 Å². The van der Waals surface area contributed by atoms with E-state index in [0.717, 1.165) is 23.8 Å². The lowest BCUT2D eigenvalue weighted by molar-refractivity contribution is 0.0995. The number of aromatic nitrogens is 5. The molecule has 8 nitrogen and oxygen atoms in total. The lowest BCUT2D eigenvalue weighted by atomic mass is 9.96. The summed E-state index contributed by atoms with van der Waals surface area (Å²) in [5.41, 5.74) is 7.58. The number of nitrogens with one attached hydrogen (secondary N) is 1. The van der Waals surface area contributed by atoms with Crippen molar-refractivity contribution in [3.8, 4) is 17.2 Å². The van der Waals surface area contributed by atoms with Gasteiger partial charge in [-0.3, -0.25) is 9.48 Å². The second-order valence-electron chi connectivity index (χ2n) is 6.71. The summed E-state index contributed by atoms with van der Waals surface area (Å²) in [5.74, 6) is -0.173. The Morgan fingerprint density at radius 1 is 1.42 bits per heavy atom. The molecule has 1 aliphatic rings. The average molecular weight is 349 g/mol. The summed E-state index contributed by atoms with van der Waals surface area (Å²) in [4.78, 5) is 14.8. The molecular formula is C18H19N7O. The monoisotopic (exact) mass is 349 g/mol. The molecule has 4 rings (SSSR count). The molecule has 0 bridgehead atoms. The Morgan fingerprint density at radius 2 is 2.23 bits per heavy atom. The van der Waals surface area contributed by atoms with Crippen LogP contribution in [0.15, 0.2) is 24.7 Å². The van der Waals surface area contributed by atoms with Crippen molar-refractivity contribution in [1.82, 2.24) is 25.0 Å². The van der Waals surface area contributed by atoms with Crippen LogP contribution in [0.1, 0.15) is 48.6 Å². The van der Waals surface area contributed by atoms with E-state index in [0.29, 0.717) is 23.5 Å². The molecular weight excluding hydrogens is 330 g/mol. The van der Waals surface area contributed by atoms with Crippen molar-refractivity contribution in [3.63, 3.8) is 0 Å². The van der Waals surface area contributed by atoms with Gasteiger partial charge in [-0.15, -0.1) is 10.2 Å². The summed E-state index contributed by atoms with van der Waals surface area (Å²) in [6.45, 7) is 0. The van der Waals surface area contributed by atoms with Gasteiger partial charge in [-0.25, -0.2) is 0 Å². The third-order valence-corrected chi connectivity index (χ3v) is 5.19. The Labute approximate surface area is 150 Å². The third-order valence-electron chi connectivity index (χ3n) is 5.19. The first-order valence-corrected chi connectivity index (χ1v) is 8.74. The van der Waals surface area contributed by atoms with Crippen LogP contribution in [0, 0.1) is 17.2 Å². The summed E-state index contributed by atoms with van der Waals surface area (Å²) >= 11 is 0. The first-order chi connectivity index (χ1) is 12.7. The molecule has 132 valence electrons. The lowest BCUT2D eigenvalue weighted by Crippen LogP contribution is -2.17. The van der Waals surface area contributed by atoms with Gasteiger partial charge in [0, 0.05) is 28.9 Å². The zero-order valence-corrected chi connectivity index (χ0v) is 14.2. The Balaban J connectivity index is 1.79. The van der Waals surface area contributed by atoms with Gasteiger partial charge in [0.1, 0.15) is 0 Å². The number of hydrogen-bond acceptors (Lipinski definition) is 5. The van der Waals surface area contributed by atoms with E-state index in [1.165, 1.54) is 12.8 Å². The summed E-state index contributed by atoms with van der Waals surface area (Å²) in [6, 6.07) is 4.17. The van der Waals surface area contributed by atoms with Gasteiger partial charge in [-0.2, -0.15) is 10.4 Å². The van der Waals surface area contributed by atoms with Gasteiger partial charge < -0.3 is 10.7 Å². The molecule has 1 amide bonds. The van der Waals surface area contributed by atoms with E-state index in [1.54, 1.807) is 12.4 Å². The van der Waals surface area contributed by atoms with Crippen molar-refractivity contribution in [2.45, 2.75) is 38.1 Å². The normalized spacial score (nSPS) is 16.0. The highest BCUT2D eigenvalue weighted by atomic mass is 16.1. The van der Waals surface area contributed by atoms with Crippen LogP contribution in [0.4, 0.5) is 0 Å². The fourth-order valence-corrected chi connectivity index (χ4v) is 3.95. The van der Waals surface area contributed by atoms with Gasteiger partial charge in [0.25, 0.3) is 5.91 Å². The van der Waals surface area contributed by atoms with E-state index < -0.39 is 5.91 Å². The largest absolute Gasteiger partial charge is 0.364 e. The molecule has 1 fully saturated rings. The quantitative estimate of drug-likeness (QED) is 0.732. The fourth-order valence-electron chi connectivity index (χ4n) is 3.95. The van der Waals surface area contributed by atoms with Crippen molar-refractivity contribution in [3.05, 3.63) is 30.4 Å². The lowest BCUT2D eigenvalue weighted by Gasteiger charge is -2.21. The molecule has 0 radical (unpaired) electrons. The molecule has 3 heterocycles. The summed E-state index contributed by atoms with van der Waals surface area (Å²) in [5, 5.41) is 22.5. The van der Waals surface area contributed by atoms with E-state index in [4.69, 9.17) is 5.73 Å². The zero-order chi connectivity index (χ0) is 18.1. The van der Waals surface area contributed by atoms with Crippen molar-refractivity contribution >= 4 is 16.9 Å². The Hall–Kier alpha value is -3.21. The molecule has 8 heteroatoms. The van der Waals surface area contributed by atoms with Crippen LogP contribution in [0.2, 0.25) is 0 Å². The molecule has 0 aromatic carbocycles. The number of primary amides is 1. The molecule has 3 aromatic heterocycles. The number of hydrogen-bond donors (Lipinski definition) is 2. The number of nitrogens with two attached hydrogens (primary N) is 1. The van der Waals surface area contributed by atoms with E-state index in [2.05, 4.69) is 26.3 Å². The first kappa shape index (κ1) is 16.3. The van der Waals surface area contributed by atoms with Gasteiger partial charge >= 0.3 is 0 Å². The van der Waals surface area contributed by atoms with Crippen LogP contribution in [-0.4, -0.2) is 30.9 Å². The summed E-state index contributed by atoms with van der Waals surface area (Å²) < 4.78 is 1.86. The number of carbonyl (C=O) groups excluding carboxylic acids is 1. The highest BCUT2D eigenvalue weighted by molar-refractivity contribution is 6.05. The second-order valence-corrected chi connectivity index (χ2v) is 6.71. The van der Waals surface area contributed by atoms with E-state index >= 15 is 0 Å². The van der Waals surface area contributed by atoms with Crippen molar-refractivity contribution in [1.29, 1.82) is 5.26 Å². The first-order valence-electron chi connectivity index (χ1n) is 8.74. The smallest absolute Gasteiger partial charge is 0.269 e. The predicted octanol–water partition coefficient (Wildman–Crippen LogP) is 2.57. The SMILES string of the molecule is N#CC[C@H](C1CCCC1)n1cc(-c2c(C(N)=O)nnc3[nH]ccc23)cn1. The molecule has 0 spiro atoms. The Bertz CT molecular complexity index is 991. The standard InChI is InChI=1S/C18H19N7O/c19-7-5-14(11-3-1-2-4-11)25-10-12(9-22-25)15-13-6-8-21-18(13)24-23-16(15)17(20)26/h6,8-11,14H,1-5H2,(H2,20,26)(H,21,24)/t14-/m1/s1. The Morgan fingerprint density at radius 3 is 2.96 bits per heavy atom. The van der Waals surface area contributed by atoms with Crippen molar-refractivity contribution in [2.24, 2.45) is 11.7 Å². The molecule has 1 aliphatic carbocycles. The third kappa shape index (κ3) is 2.71. The number of amides is 1. The highest BCUT2D eigenvalue weighted by Gasteiger charge is 2.28. The number of nitrogens with zero attached hydrogens (tertiary/aromatic N) is 5. The van der Waals surface area contributed by atoms with E-state index in [-0.39, 0.29) is 11.7 Å². The van der Waals surface area contributed by atoms with Gasteiger partial charge in [0.15, 0.2) is 11.3 Å². The van der Waals surface area contributed by atoms with Crippen LogP contribution in [0.3, 0.4) is 0 Å². The van der Waals surface area contributed by atoms with Crippen LogP contribution in [-0.2, 0) is 0 Å². The maximum atomic E-state index is 11.9. The molecule has 1 atom stereocenters. The maximum Gasteiger partial charge on any atom is 0.269 e. The minimum Gasteiger partial charge on any atom is -0.364 e. The highest BCUT2D eigenvalue weighted by Crippen LogP contribution is 2.37. The predicted molar refractivity (Wildman–Crippen MR) is 94.9 cm³/mol. The van der Waals surface area contributed by atoms with E-state index in [1.807, 2.05) is 16.9 Å². The zero-order valence-electron chi connectivity index (χ0n) is 14.2. The molecule has 0 aliphatic heterocycles. The number of H-pyrrole nitrogens is 1. The number of fused-ring (bicyclic) bond motifs is 1. The molecule has 0 unspecified atom stereocenters. The van der Waals surface area contributed by atoms with Gasteiger partial charge in [-0.05, 0) is 24.8 Å². The van der Waals surface area contributed by atoms with Crippen LogP contribution >= 0.6 is 0 Å². The molecule has 0 saturated heterocycles. The number of carbonyl (C=O) groups is 1. The van der Waals surface area contributed by atoms with Gasteiger partial charge in [-0.1, -0.05) is 12.8 Å². The fraction of sp³-hybridized carbons (Fsp3) is 0.389. The van der Waals surface area contributed by atoms with Crippen LogP contribution in [0.25, 0.3) is 22.2 Å². The summed E-state index contributed by atoms with van der Waals surface area (Å²) in [6.07, 6.45) is 10.4. The van der Waals surface area contributed by atoms with Gasteiger partial charge in [0.2, 0.25) is 0 Å². The second kappa shape index (κ2) is 6.59. The minimum absolute atomic E-state index is 0.0461. The maximum absolute atomic E-state index is 11.9. The molecule has 3 N–H and O–H groups in total. The molecule has 26 heavy (non-hydrogen) atoms. The van der Waals surface area contributed by atoms with Crippen molar-refractivity contribution < 1.29 is 4.79 Å². The Kier molecular flexibility index (Phi) is 4.13. The minimum atomic E-state index is -0.632. The summed E-state index contributed by atoms with van der Waals surface area (Å²) in [7, 11) is 0. The van der Waals surface area contributed by atoms with Gasteiger partial charge in [0.05, 0.1) is 24.7 Å². The molecule has 1 saturated carbocycles. The van der Waals surface area contributed by atoms with E-state index in [9.17, 15) is 10.1 Å². The number of rotatable bonds is 5. The average Bonchev–Trinajstić information content (AvgIpc) is 3.39.